The molecule has 22 heavy (non-hydrogen) atoms. The molecule has 126 valence electrons. The maximum atomic E-state index is 2.45. The van der Waals surface area contributed by atoms with Crippen LogP contribution in [0.15, 0.2) is 30.3 Å². The van der Waals surface area contributed by atoms with Gasteiger partial charge in [-0.1, -0.05) is 83.2 Å². The summed E-state index contributed by atoms with van der Waals surface area (Å²) in [6.45, 7) is 7.05. The molecular weight excluding hydrogens is 266 g/mol. The van der Waals surface area contributed by atoms with E-state index in [9.17, 15) is 0 Å². The number of rotatable bonds is 11. The van der Waals surface area contributed by atoms with Gasteiger partial charge in [0.15, 0.2) is 0 Å². The standard InChI is InChI=1S/C21H37N/c1-6-9-13-18(7-2)16-20(8-3)21(22(4)5)17-19-14-11-10-12-15-19/h10-12,14-15,18,20-21H,6-9,13,16-17H2,1-5H3. The van der Waals surface area contributed by atoms with Gasteiger partial charge in [-0.2, -0.15) is 0 Å². The van der Waals surface area contributed by atoms with Gasteiger partial charge < -0.3 is 4.90 Å². The van der Waals surface area contributed by atoms with Crippen molar-refractivity contribution in [1.29, 1.82) is 0 Å². The van der Waals surface area contributed by atoms with E-state index in [1.165, 1.54) is 50.5 Å². The lowest BCUT2D eigenvalue weighted by Crippen LogP contribution is -2.38. The molecule has 0 radical (unpaired) electrons. The Kier molecular flexibility index (Phi) is 9.47. The molecule has 1 rings (SSSR count). The molecule has 0 saturated heterocycles. The number of likely N-dealkylation sites (N-methyl/N-ethyl adjacent to an activating group) is 1. The fourth-order valence-electron chi connectivity index (χ4n) is 3.63. The molecule has 1 aromatic rings. The first-order valence-corrected chi connectivity index (χ1v) is 9.32. The van der Waals surface area contributed by atoms with Crippen molar-refractivity contribution in [3.63, 3.8) is 0 Å². The van der Waals surface area contributed by atoms with Gasteiger partial charge in [-0.05, 0) is 44.3 Å². The molecule has 3 unspecified atom stereocenters. The Morgan fingerprint density at radius 3 is 2.14 bits per heavy atom. The Morgan fingerprint density at radius 2 is 1.64 bits per heavy atom. The summed E-state index contributed by atoms with van der Waals surface area (Å²) in [5.41, 5.74) is 1.47. The summed E-state index contributed by atoms with van der Waals surface area (Å²) in [4.78, 5) is 2.45. The average molecular weight is 304 g/mol. The van der Waals surface area contributed by atoms with Crippen LogP contribution < -0.4 is 0 Å². The lowest BCUT2D eigenvalue weighted by atomic mass is 9.81. The Bertz CT molecular complexity index is 371. The van der Waals surface area contributed by atoms with Gasteiger partial charge >= 0.3 is 0 Å². The summed E-state index contributed by atoms with van der Waals surface area (Å²) in [7, 11) is 4.51. The van der Waals surface area contributed by atoms with Crippen molar-refractivity contribution >= 4 is 0 Å². The SMILES string of the molecule is CCCCC(CC)CC(CC)C(Cc1ccccc1)N(C)C. The number of hydrogen-bond acceptors (Lipinski definition) is 1. The van der Waals surface area contributed by atoms with Crippen LogP contribution in [-0.4, -0.2) is 25.0 Å². The summed E-state index contributed by atoms with van der Waals surface area (Å²) in [6, 6.07) is 11.7. The molecule has 0 spiro atoms. The molecule has 0 aromatic heterocycles. The number of nitrogens with zero attached hydrogens (tertiary/aromatic N) is 1. The third-order valence-corrected chi connectivity index (χ3v) is 5.20. The molecule has 0 N–H and O–H groups in total. The van der Waals surface area contributed by atoms with Crippen LogP contribution in [0.25, 0.3) is 0 Å². The van der Waals surface area contributed by atoms with Crippen molar-refractivity contribution in [3.05, 3.63) is 35.9 Å². The van der Waals surface area contributed by atoms with Gasteiger partial charge in [-0.3, -0.25) is 0 Å². The summed E-state index contributed by atoms with van der Waals surface area (Å²) < 4.78 is 0. The largest absolute Gasteiger partial charge is 0.306 e. The average Bonchev–Trinajstić information content (AvgIpc) is 2.54. The smallest absolute Gasteiger partial charge is 0.0158 e. The molecule has 0 aliphatic rings. The van der Waals surface area contributed by atoms with E-state index < -0.39 is 0 Å². The van der Waals surface area contributed by atoms with Crippen LogP contribution in [0, 0.1) is 11.8 Å². The molecular formula is C21H37N. The molecule has 0 amide bonds. The normalized spacial score (nSPS) is 15.7. The van der Waals surface area contributed by atoms with Crippen LogP contribution in [0.1, 0.15) is 64.9 Å². The monoisotopic (exact) mass is 303 g/mol. The van der Waals surface area contributed by atoms with E-state index in [0.29, 0.717) is 6.04 Å². The lowest BCUT2D eigenvalue weighted by Gasteiger charge is -2.34. The first-order chi connectivity index (χ1) is 10.6. The van der Waals surface area contributed by atoms with Gasteiger partial charge in [0, 0.05) is 6.04 Å². The van der Waals surface area contributed by atoms with Crippen LogP contribution >= 0.6 is 0 Å². The van der Waals surface area contributed by atoms with Crippen LogP contribution in [0.2, 0.25) is 0 Å². The second kappa shape index (κ2) is 10.8. The molecule has 0 aliphatic heterocycles. The van der Waals surface area contributed by atoms with Gasteiger partial charge in [0.1, 0.15) is 0 Å². The molecule has 1 nitrogen and oxygen atoms in total. The molecule has 0 fully saturated rings. The molecule has 1 aromatic carbocycles. The van der Waals surface area contributed by atoms with Gasteiger partial charge in [0.05, 0.1) is 0 Å². The van der Waals surface area contributed by atoms with E-state index in [2.05, 4.69) is 70.1 Å². The zero-order chi connectivity index (χ0) is 16.4. The van der Waals surface area contributed by atoms with E-state index in [1.54, 1.807) is 0 Å². The highest BCUT2D eigenvalue weighted by Crippen LogP contribution is 2.29. The van der Waals surface area contributed by atoms with Crippen LogP contribution in [-0.2, 0) is 6.42 Å². The molecule has 1 heteroatoms. The highest BCUT2D eigenvalue weighted by atomic mass is 15.1. The Balaban J connectivity index is 2.72. The van der Waals surface area contributed by atoms with E-state index in [4.69, 9.17) is 0 Å². The van der Waals surface area contributed by atoms with Crippen LogP contribution in [0.3, 0.4) is 0 Å². The third kappa shape index (κ3) is 6.52. The van der Waals surface area contributed by atoms with E-state index in [1.807, 2.05) is 0 Å². The van der Waals surface area contributed by atoms with Crippen LogP contribution in [0.5, 0.6) is 0 Å². The minimum Gasteiger partial charge on any atom is -0.306 e. The molecule has 0 saturated carbocycles. The molecule has 0 bridgehead atoms. The van der Waals surface area contributed by atoms with Crippen molar-refractivity contribution < 1.29 is 0 Å². The van der Waals surface area contributed by atoms with Crippen molar-refractivity contribution in [1.82, 2.24) is 4.90 Å². The number of benzene rings is 1. The Morgan fingerprint density at radius 1 is 0.955 bits per heavy atom. The quantitative estimate of drug-likeness (QED) is 0.500. The minimum atomic E-state index is 0.656. The van der Waals surface area contributed by atoms with Crippen molar-refractivity contribution in [2.75, 3.05) is 14.1 Å². The van der Waals surface area contributed by atoms with Crippen molar-refractivity contribution in [2.45, 2.75) is 71.8 Å². The molecule has 0 heterocycles. The maximum Gasteiger partial charge on any atom is 0.0158 e. The number of unbranched alkanes of at least 4 members (excludes halogenated alkanes) is 1. The Labute approximate surface area is 139 Å². The highest BCUT2D eigenvalue weighted by Gasteiger charge is 2.24. The van der Waals surface area contributed by atoms with Gasteiger partial charge in [0.2, 0.25) is 0 Å². The van der Waals surface area contributed by atoms with E-state index >= 15 is 0 Å². The first kappa shape index (κ1) is 19.2. The fraction of sp³-hybridized carbons (Fsp3) is 0.714. The van der Waals surface area contributed by atoms with Gasteiger partial charge in [-0.25, -0.2) is 0 Å². The van der Waals surface area contributed by atoms with E-state index in [-0.39, 0.29) is 0 Å². The molecule has 3 atom stereocenters. The summed E-state index contributed by atoms with van der Waals surface area (Å²) in [5.74, 6) is 1.71. The van der Waals surface area contributed by atoms with Gasteiger partial charge in [0.25, 0.3) is 0 Å². The predicted molar refractivity (Wildman–Crippen MR) is 99.3 cm³/mol. The summed E-state index contributed by atoms with van der Waals surface area (Å²) in [6.07, 6.45) is 9.32. The predicted octanol–water partition coefficient (Wildman–Crippen LogP) is 5.79. The minimum absolute atomic E-state index is 0.656. The maximum absolute atomic E-state index is 2.45. The van der Waals surface area contributed by atoms with Gasteiger partial charge in [-0.15, -0.1) is 0 Å². The summed E-state index contributed by atoms with van der Waals surface area (Å²) in [5, 5.41) is 0. The first-order valence-electron chi connectivity index (χ1n) is 9.32. The zero-order valence-corrected chi connectivity index (χ0v) is 15.5. The van der Waals surface area contributed by atoms with E-state index in [0.717, 1.165) is 11.8 Å². The van der Waals surface area contributed by atoms with Crippen molar-refractivity contribution in [2.24, 2.45) is 11.8 Å². The lowest BCUT2D eigenvalue weighted by molar-refractivity contribution is 0.170. The van der Waals surface area contributed by atoms with Crippen LogP contribution in [0.4, 0.5) is 0 Å². The number of hydrogen-bond donors (Lipinski definition) is 0. The Hall–Kier alpha value is -0.820. The second-order valence-corrected chi connectivity index (χ2v) is 7.04. The molecule has 0 aliphatic carbocycles. The second-order valence-electron chi connectivity index (χ2n) is 7.04. The third-order valence-electron chi connectivity index (χ3n) is 5.20. The van der Waals surface area contributed by atoms with Crippen molar-refractivity contribution in [3.8, 4) is 0 Å². The topological polar surface area (TPSA) is 3.24 Å². The zero-order valence-electron chi connectivity index (χ0n) is 15.5. The fourth-order valence-corrected chi connectivity index (χ4v) is 3.63. The summed E-state index contributed by atoms with van der Waals surface area (Å²) >= 11 is 0. The highest BCUT2D eigenvalue weighted by molar-refractivity contribution is 5.16.